The molecule has 1 aliphatic carbocycles. The first-order valence-corrected chi connectivity index (χ1v) is 7.17. The van der Waals surface area contributed by atoms with Crippen molar-refractivity contribution in [1.29, 1.82) is 0 Å². The molecule has 5 heteroatoms. The van der Waals surface area contributed by atoms with E-state index in [0.717, 1.165) is 18.4 Å². The Morgan fingerprint density at radius 3 is 2.45 bits per heavy atom. The quantitative estimate of drug-likeness (QED) is 0.671. The van der Waals surface area contributed by atoms with Crippen molar-refractivity contribution >= 4 is 12.2 Å². The molecule has 2 unspecified atom stereocenters. The second-order valence-electron chi connectivity index (χ2n) is 5.45. The van der Waals surface area contributed by atoms with Crippen LogP contribution in [-0.4, -0.2) is 24.7 Å². The van der Waals surface area contributed by atoms with Crippen molar-refractivity contribution < 1.29 is 18.4 Å². The fourth-order valence-corrected chi connectivity index (χ4v) is 1.80. The number of alkyl halides is 2. The van der Waals surface area contributed by atoms with Crippen LogP contribution in [0, 0.1) is 23.7 Å². The summed E-state index contributed by atoms with van der Waals surface area (Å²) in [5, 5.41) is 2.32. The second-order valence-corrected chi connectivity index (χ2v) is 5.45. The van der Waals surface area contributed by atoms with Gasteiger partial charge in [-0.1, -0.05) is 18.8 Å². The van der Waals surface area contributed by atoms with E-state index in [0.29, 0.717) is 17.8 Å². The molecule has 0 radical (unpaired) electrons. The average molecular weight is 305 g/mol. The Kier molecular flexibility index (Phi) is 5.26. The molecule has 1 saturated carbocycles. The zero-order valence-corrected chi connectivity index (χ0v) is 12.2. The zero-order valence-electron chi connectivity index (χ0n) is 12.2. The van der Waals surface area contributed by atoms with Crippen LogP contribution in [0.2, 0.25) is 0 Å². The largest absolute Gasteiger partial charge is 0.342 e. The molecule has 22 heavy (non-hydrogen) atoms. The number of rotatable bonds is 5. The number of carbonyl (C=O) groups is 2. The summed E-state index contributed by atoms with van der Waals surface area (Å²) in [6.45, 7) is 1.22. The predicted molar refractivity (Wildman–Crippen MR) is 78.5 cm³/mol. The number of aldehydes is 1. The summed E-state index contributed by atoms with van der Waals surface area (Å²) in [6, 6.07) is 5.34. The highest BCUT2D eigenvalue weighted by atomic mass is 19.3. The summed E-state index contributed by atoms with van der Waals surface area (Å²) >= 11 is 0. The van der Waals surface area contributed by atoms with Crippen molar-refractivity contribution in [2.24, 2.45) is 11.8 Å². The van der Waals surface area contributed by atoms with Gasteiger partial charge in [-0.3, -0.25) is 4.79 Å². The van der Waals surface area contributed by atoms with Crippen molar-refractivity contribution in [2.45, 2.75) is 32.2 Å². The minimum Gasteiger partial charge on any atom is -0.342 e. The number of amides is 1. The fourth-order valence-electron chi connectivity index (χ4n) is 1.80. The molecule has 116 valence electrons. The molecule has 0 saturated heterocycles. The third-order valence-corrected chi connectivity index (χ3v) is 3.55. The van der Waals surface area contributed by atoms with Crippen LogP contribution in [0.25, 0.3) is 0 Å². The molecule has 0 heterocycles. The van der Waals surface area contributed by atoms with E-state index in [-0.39, 0.29) is 0 Å². The van der Waals surface area contributed by atoms with Crippen molar-refractivity contribution in [1.82, 2.24) is 5.32 Å². The lowest BCUT2D eigenvalue weighted by Gasteiger charge is -2.19. The van der Waals surface area contributed by atoms with Crippen molar-refractivity contribution in [3.63, 3.8) is 0 Å². The van der Waals surface area contributed by atoms with Gasteiger partial charge in [-0.2, -0.15) is 0 Å². The Labute approximate surface area is 128 Å². The van der Waals surface area contributed by atoms with Gasteiger partial charge in [0.1, 0.15) is 6.29 Å². The SMILES string of the molecule is CC(C(F)F)C(C=O)NC(=O)c1ccc(C#CC2CC2)cc1. The summed E-state index contributed by atoms with van der Waals surface area (Å²) in [5.41, 5.74) is 1.11. The van der Waals surface area contributed by atoms with Gasteiger partial charge in [-0.25, -0.2) is 8.78 Å². The van der Waals surface area contributed by atoms with Gasteiger partial charge in [-0.05, 0) is 37.1 Å². The lowest BCUT2D eigenvalue weighted by molar-refractivity contribution is -0.111. The van der Waals surface area contributed by atoms with Gasteiger partial charge in [0.05, 0.1) is 6.04 Å². The van der Waals surface area contributed by atoms with Crippen LogP contribution >= 0.6 is 0 Å². The fraction of sp³-hybridized carbons (Fsp3) is 0.412. The third kappa shape index (κ3) is 4.39. The van der Waals surface area contributed by atoms with Gasteiger partial charge in [0.2, 0.25) is 6.43 Å². The van der Waals surface area contributed by atoms with Crippen molar-refractivity contribution in [3.8, 4) is 11.8 Å². The third-order valence-electron chi connectivity index (χ3n) is 3.55. The van der Waals surface area contributed by atoms with E-state index in [1.807, 2.05) is 0 Å². The molecular weight excluding hydrogens is 288 g/mol. The maximum Gasteiger partial charge on any atom is 0.251 e. The van der Waals surface area contributed by atoms with E-state index in [2.05, 4.69) is 17.2 Å². The standard InChI is InChI=1S/C17H17F2NO2/c1-11(16(18)19)15(10-21)20-17(22)14-8-6-13(7-9-14)5-4-12-2-3-12/h6-12,15-16H,2-3H2,1H3,(H,20,22). The van der Waals surface area contributed by atoms with Crippen LogP contribution in [0.1, 0.15) is 35.7 Å². The van der Waals surface area contributed by atoms with Crippen LogP contribution in [0.5, 0.6) is 0 Å². The second kappa shape index (κ2) is 7.17. The number of hydrogen-bond acceptors (Lipinski definition) is 2. The van der Waals surface area contributed by atoms with Crippen LogP contribution in [0.4, 0.5) is 8.78 Å². The number of halogens is 2. The van der Waals surface area contributed by atoms with Gasteiger partial charge in [0.25, 0.3) is 5.91 Å². The Morgan fingerprint density at radius 2 is 1.95 bits per heavy atom. The molecule has 1 aromatic carbocycles. The maximum atomic E-state index is 12.6. The highest BCUT2D eigenvalue weighted by Gasteiger charge is 2.26. The van der Waals surface area contributed by atoms with Crippen molar-refractivity contribution in [2.75, 3.05) is 0 Å². The van der Waals surface area contributed by atoms with Crippen molar-refractivity contribution in [3.05, 3.63) is 35.4 Å². The molecule has 0 aliphatic heterocycles. The molecule has 1 aromatic rings. The summed E-state index contributed by atoms with van der Waals surface area (Å²) < 4.78 is 25.2. The minimum atomic E-state index is -2.67. The van der Waals surface area contributed by atoms with Gasteiger partial charge in [0, 0.05) is 23.0 Å². The number of hydrogen-bond donors (Lipinski definition) is 1. The Hall–Kier alpha value is -2.22. The molecule has 3 nitrogen and oxygen atoms in total. The predicted octanol–water partition coefficient (Wildman–Crippen LogP) is 2.65. The number of benzene rings is 1. The molecule has 1 N–H and O–H groups in total. The molecule has 1 aliphatic rings. The van der Waals surface area contributed by atoms with E-state index in [1.165, 1.54) is 6.92 Å². The first-order valence-electron chi connectivity index (χ1n) is 7.17. The van der Waals surface area contributed by atoms with Gasteiger partial charge < -0.3 is 10.1 Å². The maximum absolute atomic E-state index is 12.6. The number of nitrogens with one attached hydrogen (secondary N) is 1. The minimum absolute atomic E-state index is 0.310. The summed E-state index contributed by atoms with van der Waals surface area (Å²) in [7, 11) is 0. The highest BCUT2D eigenvalue weighted by molar-refractivity contribution is 5.95. The molecule has 1 fully saturated rings. The van der Waals surface area contributed by atoms with Gasteiger partial charge >= 0.3 is 0 Å². The van der Waals surface area contributed by atoms with E-state index in [4.69, 9.17) is 0 Å². The lowest BCUT2D eigenvalue weighted by atomic mass is 10.0. The van der Waals surface area contributed by atoms with Crippen LogP contribution < -0.4 is 5.32 Å². The Bertz CT molecular complexity index is 597. The van der Waals surface area contributed by atoms with E-state index >= 15 is 0 Å². The molecule has 0 bridgehead atoms. The Balaban J connectivity index is 1.99. The van der Waals surface area contributed by atoms with E-state index in [9.17, 15) is 18.4 Å². The molecule has 2 rings (SSSR count). The Morgan fingerprint density at radius 1 is 1.32 bits per heavy atom. The first kappa shape index (κ1) is 16.2. The molecule has 2 atom stereocenters. The van der Waals surface area contributed by atoms with E-state index < -0.39 is 24.3 Å². The zero-order chi connectivity index (χ0) is 16.1. The van der Waals surface area contributed by atoms with Gasteiger partial charge in [0.15, 0.2) is 0 Å². The smallest absolute Gasteiger partial charge is 0.251 e. The molecule has 1 amide bonds. The van der Waals surface area contributed by atoms with Crippen LogP contribution in [-0.2, 0) is 4.79 Å². The number of carbonyl (C=O) groups excluding carboxylic acids is 2. The van der Waals surface area contributed by atoms with E-state index in [1.54, 1.807) is 24.3 Å². The average Bonchev–Trinajstić information content (AvgIpc) is 3.34. The monoisotopic (exact) mass is 305 g/mol. The summed E-state index contributed by atoms with van der Waals surface area (Å²) in [6.07, 6.45) is -0.0497. The summed E-state index contributed by atoms with van der Waals surface area (Å²) in [5.74, 6) is 4.84. The highest BCUT2D eigenvalue weighted by Crippen LogP contribution is 2.27. The summed E-state index contributed by atoms with van der Waals surface area (Å²) in [4.78, 5) is 22.8. The molecular formula is C17H17F2NO2. The van der Waals surface area contributed by atoms with Crippen LogP contribution in [0.15, 0.2) is 24.3 Å². The normalized spacial score (nSPS) is 16.4. The topological polar surface area (TPSA) is 46.2 Å². The first-order chi connectivity index (χ1) is 10.5. The van der Waals surface area contributed by atoms with Crippen LogP contribution in [0.3, 0.4) is 0 Å². The molecule has 0 aromatic heterocycles. The lowest BCUT2D eigenvalue weighted by Crippen LogP contribution is -2.42. The van der Waals surface area contributed by atoms with Gasteiger partial charge in [-0.15, -0.1) is 0 Å². The molecule has 0 spiro atoms.